The van der Waals surface area contributed by atoms with Crippen molar-refractivity contribution in [3.05, 3.63) is 81.6 Å². The predicted octanol–water partition coefficient (Wildman–Crippen LogP) is 5.05. The summed E-state index contributed by atoms with van der Waals surface area (Å²) in [6.07, 6.45) is -2.30. The maximum absolute atomic E-state index is 13.5. The van der Waals surface area contributed by atoms with Crippen molar-refractivity contribution >= 4 is 32.2 Å². The van der Waals surface area contributed by atoms with Gasteiger partial charge < -0.3 is 0 Å². The van der Waals surface area contributed by atoms with Gasteiger partial charge in [-0.05, 0) is 35.9 Å². The SMILES string of the molecule is CCS(=O)(=O)c1cc(-c2ccc(F)c(Cl)c2)cnc1-n1ncc2ccc(C(F)(F)F)cc2c1=O. The van der Waals surface area contributed by atoms with E-state index in [0.717, 1.165) is 24.4 Å². The Hall–Kier alpha value is -3.31. The first-order valence-electron chi connectivity index (χ1n) is 9.70. The monoisotopic (exact) mass is 511 g/mol. The summed E-state index contributed by atoms with van der Waals surface area (Å²) >= 11 is 5.82. The summed E-state index contributed by atoms with van der Waals surface area (Å²) in [6, 6.07) is 7.60. The Kier molecular flexibility index (Phi) is 5.94. The van der Waals surface area contributed by atoms with Crippen LogP contribution >= 0.6 is 11.6 Å². The van der Waals surface area contributed by atoms with Gasteiger partial charge in [-0.15, -0.1) is 0 Å². The molecule has 4 aromatic rings. The quantitative estimate of drug-likeness (QED) is 0.358. The molecule has 0 spiro atoms. The van der Waals surface area contributed by atoms with Crippen molar-refractivity contribution < 1.29 is 26.0 Å². The third-order valence-corrected chi connectivity index (χ3v) is 7.14. The lowest BCUT2D eigenvalue weighted by atomic mass is 10.1. The van der Waals surface area contributed by atoms with Crippen molar-refractivity contribution in [1.82, 2.24) is 14.8 Å². The molecule has 0 aliphatic heterocycles. The maximum Gasteiger partial charge on any atom is 0.416 e. The van der Waals surface area contributed by atoms with E-state index in [9.17, 15) is 30.8 Å². The van der Waals surface area contributed by atoms with Gasteiger partial charge in [-0.1, -0.05) is 30.7 Å². The molecule has 0 fully saturated rings. The first-order valence-corrected chi connectivity index (χ1v) is 11.7. The van der Waals surface area contributed by atoms with E-state index in [2.05, 4.69) is 10.1 Å². The molecule has 2 aromatic carbocycles. The van der Waals surface area contributed by atoms with Gasteiger partial charge in [0.15, 0.2) is 15.7 Å². The normalized spacial score (nSPS) is 12.3. The summed E-state index contributed by atoms with van der Waals surface area (Å²) in [7, 11) is -3.98. The Bertz CT molecular complexity index is 1600. The fourth-order valence-corrected chi connectivity index (χ4v) is 4.50. The summed E-state index contributed by atoms with van der Waals surface area (Å²) in [5.74, 6) is -1.39. The molecule has 12 heteroatoms. The minimum absolute atomic E-state index is 0.145. The summed E-state index contributed by atoms with van der Waals surface area (Å²) < 4.78 is 79.3. The zero-order chi connectivity index (χ0) is 24.8. The number of nitrogens with zero attached hydrogens (tertiary/aromatic N) is 3. The Balaban J connectivity index is 1.97. The molecule has 0 aliphatic carbocycles. The van der Waals surface area contributed by atoms with E-state index in [0.29, 0.717) is 16.3 Å². The second-order valence-electron chi connectivity index (χ2n) is 7.24. The lowest BCUT2D eigenvalue weighted by Gasteiger charge is -2.13. The number of benzene rings is 2. The molecule has 0 atom stereocenters. The number of hydrogen-bond donors (Lipinski definition) is 0. The minimum atomic E-state index is -4.68. The molecule has 0 unspecified atom stereocenters. The van der Waals surface area contributed by atoms with Crippen LogP contribution in [0.2, 0.25) is 5.02 Å². The molecule has 0 saturated heterocycles. The molecule has 0 amide bonds. The van der Waals surface area contributed by atoms with Crippen molar-refractivity contribution in [2.45, 2.75) is 18.0 Å². The first kappa shape index (κ1) is 23.8. The van der Waals surface area contributed by atoms with Crippen LogP contribution < -0.4 is 5.56 Å². The standard InChI is InChI=1S/C22H14ClF4N3O3S/c1-2-34(32,33)19-8-14(12-4-6-18(24)17(23)7-12)10-28-20(19)30-21(31)16-9-15(22(25,26)27)5-3-13(16)11-29-30/h3-11H,2H2,1H3. The van der Waals surface area contributed by atoms with Crippen LogP contribution in [0, 0.1) is 5.82 Å². The van der Waals surface area contributed by atoms with Crippen LogP contribution in [0.4, 0.5) is 17.6 Å². The highest BCUT2D eigenvalue weighted by Crippen LogP contribution is 2.31. The van der Waals surface area contributed by atoms with Gasteiger partial charge in [0.1, 0.15) is 10.7 Å². The highest BCUT2D eigenvalue weighted by atomic mass is 35.5. The van der Waals surface area contributed by atoms with Gasteiger partial charge in [-0.25, -0.2) is 17.8 Å². The van der Waals surface area contributed by atoms with Crippen LogP contribution in [0.5, 0.6) is 0 Å². The van der Waals surface area contributed by atoms with E-state index in [-0.39, 0.29) is 37.8 Å². The predicted molar refractivity (Wildman–Crippen MR) is 118 cm³/mol. The first-order chi connectivity index (χ1) is 15.9. The zero-order valence-corrected chi connectivity index (χ0v) is 18.8. The molecule has 34 heavy (non-hydrogen) atoms. The summed E-state index contributed by atoms with van der Waals surface area (Å²) in [5.41, 5.74) is -1.37. The third-order valence-electron chi connectivity index (χ3n) is 5.12. The molecule has 2 heterocycles. The number of pyridine rings is 1. The second kappa shape index (κ2) is 8.48. The Morgan fingerprint density at radius 1 is 1.03 bits per heavy atom. The summed E-state index contributed by atoms with van der Waals surface area (Å²) in [4.78, 5) is 16.8. The topological polar surface area (TPSA) is 81.9 Å². The van der Waals surface area contributed by atoms with Crippen LogP contribution in [0.1, 0.15) is 12.5 Å². The van der Waals surface area contributed by atoms with E-state index in [1.54, 1.807) is 0 Å². The third kappa shape index (κ3) is 4.28. The minimum Gasteiger partial charge on any atom is -0.267 e. The molecule has 0 bridgehead atoms. The smallest absolute Gasteiger partial charge is 0.267 e. The fraction of sp³-hybridized carbons (Fsp3) is 0.136. The van der Waals surface area contributed by atoms with Gasteiger partial charge >= 0.3 is 6.18 Å². The van der Waals surface area contributed by atoms with Crippen LogP contribution in [0.25, 0.3) is 27.7 Å². The number of fused-ring (bicyclic) bond motifs is 1. The van der Waals surface area contributed by atoms with Crippen LogP contribution in [0.3, 0.4) is 0 Å². The largest absolute Gasteiger partial charge is 0.416 e. The van der Waals surface area contributed by atoms with Gasteiger partial charge in [-0.2, -0.15) is 23.0 Å². The van der Waals surface area contributed by atoms with Gasteiger partial charge in [-0.3, -0.25) is 4.79 Å². The van der Waals surface area contributed by atoms with Crippen molar-refractivity contribution in [3.63, 3.8) is 0 Å². The zero-order valence-electron chi connectivity index (χ0n) is 17.3. The maximum atomic E-state index is 13.5. The van der Waals surface area contributed by atoms with E-state index in [4.69, 9.17) is 11.6 Å². The molecule has 0 radical (unpaired) electrons. The average molecular weight is 512 g/mol. The second-order valence-corrected chi connectivity index (χ2v) is 9.89. The molecular weight excluding hydrogens is 498 g/mol. The van der Waals surface area contributed by atoms with E-state index in [1.807, 2.05) is 0 Å². The van der Waals surface area contributed by atoms with Crippen molar-refractivity contribution in [3.8, 4) is 16.9 Å². The Labute approximate surface area is 195 Å². The highest BCUT2D eigenvalue weighted by molar-refractivity contribution is 7.91. The Morgan fingerprint density at radius 2 is 1.76 bits per heavy atom. The van der Waals surface area contributed by atoms with Gasteiger partial charge in [0.05, 0.1) is 27.9 Å². The van der Waals surface area contributed by atoms with Crippen LogP contribution in [0.15, 0.2) is 64.5 Å². The van der Waals surface area contributed by atoms with Gasteiger partial charge in [0.25, 0.3) is 5.56 Å². The molecule has 0 N–H and O–H groups in total. The number of alkyl halides is 3. The lowest BCUT2D eigenvalue weighted by Crippen LogP contribution is -2.25. The molecular formula is C22H14ClF4N3O3S. The number of rotatable bonds is 4. The number of aromatic nitrogens is 3. The van der Waals surface area contributed by atoms with Crippen molar-refractivity contribution in [1.29, 1.82) is 0 Å². The molecule has 0 saturated carbocycles. The van der Waals surface area contributed by atoms with E-state index >= 15 is 0 Å². The van der Waals surface area contributed by atoms with E-state index < -0.39 is 33.0 Å². The van der Waals surface area contributed by atoms with Gasteiger partial charge in [0, 0.05) is 17.1 Å². The number of hydrogen-bond acceptors (Lipinski definition) is 5. The lowest BCUT2D eigenvalue weighted by molar-refractivity contribution is -0.137. The fourth-order valence-electron chi connectivity index (χ4n) is 3.28. The van der Waals surface area contributed by atoms with Crippen molar-refractivity contribution in [2.75, 3.05) is 5.75 Å². The number of halogens is 5. The molecule has 0 aliphatic rings. The van der Waals surface area contributed by atoms with Crippen LogP contribution in [-0.4, -0.2) is 28.9 Å². The molecule has 6 nitrogen and oxygen atoms in total. The van der Waals surface area contributed by atoms with Crippen molar-refractivity contribution in [2.24, 2.45) is 0 Å². The molecule has 2 aromatic heterocycles. The van der Waals surface area contributed by atoms with Gasteiger partial charge in [0.2, 0.25) is 0 Å². The molecule has 4 rings (SSSR count). The Morgan fingerprint density at radius 3 is 2.41 bits per heavy atom. The summed E-state index contributed by atoms with van der Waals surface area (Å²) in [5, 5.41) is 3.58. The summed E-state index contributed by atoms with van der Waals surface area (Å²) in [6.45, 7) is 1.38. The molecule has 176 valence electrons. The van der Waals surface area contributed by atoms with Crippen LogP contribution in [-0.2, 0) is 16.0 Å². The average Bonchev–Trinajstić information content (AvgIpc) is 2.80. The van der Waals surface area contributed by atoms with E-state index in [1.165, 1.54) is 31.3 Å². The number of sulfone groups is 1. The highest BCUT2D eigenvalue weighted by Gasteiger charge is 2.31.